The molecule has 0 fully saturated rings. The third-order valence-corrected chi connectivity index (χ3v) is 6.12. The van der Waals surface area contributed by atoms with Gasteiger partial charge in [0.05, 0.1) is 11.6 Å². The molecule has 0 amide bonds. The quantitative estimate of drug-likeness (QED) is 0.519. The topological polar surface area (TPSA) is 50.9 Å². The molecular weight excluding hydrogens is 370 g/mol. The molecule has 1 atom stereocenters. The Labute approximate surface area is 176 Å². The highest BCUT2D eigenvalue weighted by atomic mass is 16.3. The number of phenolic OH excluding ortho intramolecular Hbond substituents is 1. The largest absolute Gasteiger partial charge is 0.508 e. The van der Waals surface area contributed by atoms with E-state index in [1.165, 1.54) is 16.7 Å². The maximum absolute atomic E-state index is 10.1. The van der Waals surface area contributed by atoms with Crippen molar-refractivity contribution >= 4 is 0 Å². The van der Waals surface area contributed by atoms with Gasteiger partial charge in [-0.05, 0) is 53.5 Å². The molecule has 0 saturated heterocycles. The van der Waals surface area contributed by atoms with Crippen LogP contribution in [0.15, 0.2) is 85.1 Å². The minimum absolute atomic E-state index is 0.0742. The van der Waals surface area contributed by atoms with E-state index in [9.17, 15) is 5.11 Å². The van der Waals surface area contributed by atoms with Gasteiger partial charge in [-0.1, -0.05) is 78.0 Å². The van der Waals surface area contributed by atoms with Gasteiger partial charge in [0.1, 0.15) is 5.75 Å². The maximum atomic E-state index is 10.1. The summed E-state index contributed by atoms with van der Waals surface area (Å²) in [4.78, 5) is 0. The lowest BCUT2D eigenvalue weighted by atomic mass is 9.83. The third-order valence-electron chi connectivity index (χ3n) is 6.12. The van der Waals surface area contributed by atoms with Crippen molar-refractivity contribution in [3.8, 4) is 5.75 Å². The van der Waals surface area contributed by atoms with Gasteiger partial charge in [-0.15, -0.1) is 5.10 Å². The van der Waals surface area contributed by atoms with Gasteiger partial charge in [0, 0.05) is 12.7 Å². The van der Waals surface area contributed by atoms with Crippen LogP contribution in [0.5, 0.6) is 5.75 Å². The molecule has 1 N–H and O–H groups in total. The number of benzene rings is 3. The van der Waals surface area contributed by atoms with Crippen LogP contribution in [0, 0.1) is 5.92 Å². The Morgan fingerprint density at radius 2 is 1.60 bits per heavy atom. The third kappa shape index (κ3) is 3.73. The Kier molecular flexibility index (Phi) is 5.06. The van der Waals surface area contributed by atoms with Crippen LogP contribution in [0.2, 0.25) is 0 Å². The summed E-state index contributed by atoms with van der Waals surface area (Å²) >= 11 is 0. The van der Waals surface area contributed by atoms with E-state index in [4.69, 9.17) is 0 Å². The summed E-state index contributed by atoms with van der Waals surface area (Å²) in [6, 6.07) is 26.9. The van der Waals surface area contributed by atoms with Gasteiger partial charge in [0.2, 0.25) is 0 Å². The number of aromatic nitrogens is 3. The molecule has 0 spiro atoms. The molecule has 1 unspecified atom stereocenters. The first-order valence-corrected chi connectivity index (χ1v) is 10.6. The number of aromatic hydroxyl groups is 1. The van der Waals surface area contributed by atoms with Crippen molar-refractivity contribution in [1.82, 2.24) is 15.0 Å². The van der Waals surface area contributed by atoms with Crippen LogP contribution in [0.25, 0.3) is 0 Å². The monoisotopic (exact) mass is 395 g/mol. The van der Waals surface area contributed by atoms with Gasteiger partial charge < -0.3 is 5.11 Å². The van der Waals surface area contributed by atoms with Crippen molar-refractivity contribution in [2.75, 3.05) is 0 Å². The molecule has 0 aliphatic heterocycles. The van der Waals surface area contributed by atoms with Crippen molar-refractivity contribution in [2.45, 2.75) is 31.7 Å². The SMILES string of the molecule is Oc1cccc2c1CCC(Cn1cc(C(c3ccccc3)c3ccccc3)nn1)C2. The lowest BCUT2D eigenvalue weighted by Crippen LogP contribution is -2.20. The molecule has 4 heteroatoms. The smallest absolute Gasteiger partial charge is 0.119 e. The Balaban J connectivity index is 1.39. The minimum atomic E-state index is 0.0742. The zero-order valence-electron chi connectivity index (χ0n) is 16.9. The molecule has 0 radical (unpaired) electrons. The molecule has 4 nitrogen and oxygen atoms in total. The van der Waals surface area contributed by atoms with Crippen LogP contribution >= 0.6 is 0 Å². The predicted octanol–water partition coefficient (Wildman–Crippen LogP) is 4.97. The first-order valence-electron chi connectivity index (χ1n) is 10.6. The molecule has 1 aromatic heterocycles. The van der Waals surface area contributed by atoms with Crippen molar-refractivity contribution in [3.63, 3.8) is 0 Å². The van der Waals surface area contributed by atoms with Crippen LogP contribution < -0.4 is 0 Å². The highest BCUT2D eigenvalue weighted by Crippen LogP contribution is 2.33. The molecule has 1 heterocycles. The molecule has 1 aliphatic carbocycles. The average Bonchev–Trinajstić information content (AvgIpc) is 3.23. The molecule has 4 aromatic rings. The summed E-state index contributed by atoms with van der Waals surface area (Å²) < 4.78 is 1.99. The Morgan fingerprint density at radius 1 is 0.900 bits per heavy atom. The van der Waals surface area contributed by atoms with E-state index < -0.39 is 0 Å². The van der Waals surface area contributed by atoms with Gasteiger partial charge in [0.25, 0.3) is 0 Å². The van der Waals surface area contributed by atoms with Crippen molar-refractivity contribution in [3.05, 3.63) is 113 Å². The van der Waals surface area contributed by atoms with Gasteiger partial charge in [0.15, 0.2) is 0 Å². The number of hydrogen-bond donors (Lipinski definition) is 1. The number of nitrogens with zero attached hydrogens (tertiary/aromatic N) is 3. The Hall–Kier alpha value is -3.40. The molecule has 0 saturated carbocycles. The summed E-state index contributed by atoms with van der Waals surface area (Å²) in [5.41, 5.74) is 5.79. The average molecular weight is 396 g/mol. The van der Waals surface area contributed by atoms with Crippen molar-refractivity contribution in [2.24, 2.45) is 5.92 Å². The molecule has 5 rings (SSSR count). The second-order valence-corrected chi connectivity index (χ2v) is 8.14. The molecule has 150 valence electrons. The van der Waals surface area contributed by atoms with Gasteiger partial charge in [-0.3, -0.25) is 4.68 Å². The van der Waals surface area contributed by atoms with E-state index in [1.54, 1.807) is 6.07 Å². The van der Waals surface area contributed by atoms with E-state index >= 15 is 0 Å². The summed E-state index contributed by atoms with van der Waals surface area (Å²) in [5, 5.41) is 19.1. The molecule has 3 aromatic carbocycles. The second-order valence-electron chi connectivity index (χ2n) is 8.14. The fraction of sp³-hybridized carbons (Fsp3) is 0.231. The second kappa shape index (κ2) is 8.15. The first kappa shape index (κ1) is 18.6. The maximum Gasteiger partial charge on any atom is 0.119 e. The zero-order chi connectivity index (χ0) is 20.3. The molecule has 0 bridgehead atoms. The Bertz CT molecular complexity index is 1080. The number of phenols is 1. The van der Waals surface area contributed by atoms with Crippen LogP contribution in [-0.2, 0) is 19.4 Å². The van der Waals surface area contributed by atoms with E-state index in [2.05, 4.69) is 71.1 Å². The lowest BCUT2D eigenvalue weighted by molar-refractivity contribution is 0.364. The highest BCUT2D eigenvalue weighted by molar-refractivity contribution is 5.41. The molecular formula is C26H25N3O. The minimum Gasteiger partial charge on any atom is -0.508 e. The van der Waals surface area contributed by atoms with E-state index in [0.29, 0.717) is 11.7 Å². The van der Waals surface area contributed by atoms with Crippen LogP contribution in [0.3, 0.4) is 0 Å². The lowest BCUT2D eigenvalue weighted by Gasteiger charge is -2.24. The number of rotatable bonds is 5. The molecule has 1 aliphatic rings. The van der Waals surface area contributed by atoms with Gasteiger partial charge in [-0.2, -0.15) is 0 Å². The van der Waals surface area contributed by atoms with Crippen LogP contribution in [0.1, 0.15) is 40.3 Å². The van der Waals surface area contributed by atoms with E-state index in [-0.39, 0.29) is 5.92 Å². The molecule has 30 heavy (non-hydrogen) atoms. The summed E-state index contributed by atoms with van der Waals surface area (Å²) in [6.45, 7) is 0.846. The summed E-state index contributed by atoms with van der Waals surface area (Å²) in [7, 11) is 0. The van der Waals surface area contributed by atoms with Crippen molar-refractivity contribution < 1.29 is 5.11 Å². The van der Waals surface area contributed by atoms with Gasteiger partial charge in [-0.25, -0.2) is 0 Å². The highest BCUT2D eigenvalue weighted by Gasteiger charge is 2.23. The van der Waals surface area contributed by atoms with Gasteiger partial charge >= 0.3 is 0 Å². The van der Waals surface area contributed by atoms with Crippen molar-refractivity contribution in [1.29, 1.82) is 0 Å². The fourth-order valence-electron chi connectivity index (χ4n) is 4.64. The number of fused-ring (bicyclic) bond motifs is 1. The van der Waals surface area contributed by atoms with Crippen LogP contribution in [-0.4, -0.2) is 20.1 Å². The standard InChI is InChI=1S/C26H25N3O/c30-25-13-7-12-22-16-19(14-15-23(22)25)17-29-18-24(27-28-29)26(20-8-3-1-4-9-20)21-10-5-2-6-11-21/h1-13,18-19,26,30H,14-17H2. The predicted molar refractivity (Wildman–Crippen MR) is 117 cm³/mol. The zero-order valence-corrected chi connectivity index (χ0v) is 16.9. The summed E-state index contributed by atoms with van der Waals surface area (Å²) in [6.07, 6.45) is 5.05. The summed E-state index contributed by atoms with van der Waals surface area (Å²) in [5.74, 6) is 1.01. The fourth-order valence-corrected chi connectivity index (χ4v) is 4.64. The first-order chi connectivity index (χ1) is 14.8. The van der Waals surface area contributed by atoms with E-state index in [1.807, 2.05) is 22.9 Å². The number of hydrogen-bond acceptors (Lipinski definition) is 3. The van der Waals surface area contributed by atoms with Crippen LogP contribution in [0.4, 0.5) is 0 Å². The van der Waals surface area contributed by atoms with E-state index in [0.717, 1.165) is 37.1 Å². The normalized spacial score (nSPS) is 15.8. The Morgan fingerprint density at radius 3 is 2.30 bits per heavy atom.